The molecule has 0 unspecified atom stereocenters. The maximum atomic E-state index is 12.1. The summed E-state index contributed by atoms with van der Waals surface area (Å²) in [5.74, 6) is 0. The molecular weight excluding hydrogens is 310 g/mol. The molecule has 0 aliphatic rings. The minimum absolute atomic E-state index is 0.116. The van der Waals surface area contributed by atoms with Crippen LogP contribution in [0.4, 0.5) is 5.69 Å². The third-order valence-corrected chi connectivity index (χ3v) is 4.61. The number of pyridine rings is 1. The van der Waals surface area contributed by atoms with Crippen LogP contribution in [0.3, 0.4) is 0 Å². The van der Waals surface area contributed by atoms with E-state index < -0.39 is 10.0 Å². The van der Waals surface area contributed by atoms with Gasteiger partial charge in [-0.3, -0.25) is 0 Å². The number of nitrogens with zero attached hydrogens (tertiary/aromatic N) is 2. The Morgan fingerprint density at radius 3 is 2.62 bits per heavy atom. The second-order valence-electron chi connectivity index (χ2n) is 4.47. The van der Waals surface area contributed by atoms with E-state index in [0.717, 1.165) is 5.69 Å². The van der Waals surface area contributed by atoms with Crippen molar-refractivity contribution < 1.29 is 8.42 Å². The first kappa shape index (κ1) is 15.8. The van der Waals surface area contributed by atoms with Crippen molar-refractivity contribution in [1.29, 1.82) is 0 Å². The molecule has 0 fully saturated rings. The smallest absolute Gasteiger partial charge is 0.240 e. The number of halogens is 1. The highest BCUT2D eigenvalue weighted by molar-refractivity contribution is 7.89. The van der Waals surface area contributed by atoms with E-state index in [-0.39, 0.29) is 10.0 Å². The second-order valence-corrected chi connectivity index (χ2v) is 6.62. The van der Waals surface area contributed by atoms with Crippen LogP contribution in [0.25, 0.3) is 0 Å². The zero-order valence-electron chi connectivity index (χ0n) is 11.5. The van der Waals surface area contributed by atoms with Gasteiger partial charge >= 0.3 is 0 Å². The minimum atomic E-state index is -3.56. The molecule has 0 atom stereocenters. The van der Waals surface area contributed by atoms with E-state index in [0.29, 0.717) is 13.1 Å². The number of nitrogens with one attached hydrogen (secondary N) is 1. The molecule has 2 rings (SSSR count). The fourth-order valence-corrected chi connectivity index (χ4v) is 3.07. The summed E-state index contributed by atoms with van der Waals surface area (Å²) in [5, 5.41) is 0.152. The third kappa shape index (κ3) is 4.42. The van der Waals surface area contributed by atoms with Crippen molar-refractivity contribution in [1.82, 2.24) is 9.71 Å². The van der Waals surface area contributed by atoms with E-state index >= 15 is 0 Å². The number of benzene rings is 1. The molecule has 0 aliphatic heterocycles. The lowest BCUT2D eigenvalue weighted by atomic mass is 10.3. The average Bonchev–Trinajstić information content (AvgIpc) is 2.48. The van der Waals surface area contributed by atoms with Crippen molar-refractivity contribution >= 4 is 27.3 Å². The summed E-state index contributed by atoms with van der Waals surface area (Å²) in [4.78, 5) is 5.86. The van der Waals surface area contributed by atoms with Gasteiger partial charge in [0.25, 0.3) is 0 Å². The lowest BCUT2D eigenvalue weighted by Gasteiger charge is -2.19. The number of hydrogen-bond acceptors (Lipinski definition) is 4. The summed E-state index contributed by atoms with van der Waals surface area (Å²) in [6.45, 7) is 0.857. The van der Waals surface area contributed by atoms with Crippen molar-refractivity contribution in [2.24, 2.45) is 0 Å². The fraction of sp³-hybridized carbons (Fsp3) is 0.214. The monoisotopic (exact) mass is 325 g/mol. The predicted molar refractivity (Wildman–Crippen MR) is 84.1 cm³/mol. The van der Waals surface area contributed by atoms with Crippen LogP contribution in [0.5, 0.6) is 0 Å². The predicted octanol–water partition coefficient (Wildman–Crippen LogP) is 2.15. The van der Waals surface area contributed by atoms with Crippen LogP contribution in [-0.4, -0.2) is 33.5 Å². The SMILES string of the molecule is CN(CCNS(=O)(=O)c1ccnc(Cl)c1)c1ccccc1. The van der Waals surface area contributed by atoms with Gasteiger partial charge in [-0.1, -0.05) is 29.8 Å². The van der Waals surface area contributed by atoms with Gasteiger partial charge in [0.15, 0.2) is 0 Å². The van der Waals surface area contributed by atoms with E-state index in [9.17, 15) is 8.42 Å². The number of rotatable bonds is 6. The van der Waals surface area contributed by atoms with Gasteiger partial charge in [0.2, 0.25) is 10.0 Å². The molecule has 0 amide bonds. The van der Waals surface area contributed by atoms with Crippen LogP contribution in [0, 0.1) is 0 Å². The summed E-state index contributed by atoms with van der Waals surface area (Å²) in [5.41, 5.74) is 1.03. The Morgan fingerprint density at radius 2 is 1.95 bits per heavy atom. The van der Waals surface area contributed by atoms with Gasteiger partial charge in [-0.2, -0.15) is 0 Å². The van der Waals surface area contributed by atoms with Crippen LogP contribution < -0.4 is 9.62 Å². The Labute approximate surface area is 129 Å². The van der Waals surface area contributed by atoms with Gasteiger partial charge in [-0.15, -0.1) is 0 Å². The Hall–Kier alpha value is -1.63. The van der Waals surface area contributed by atoms with Crippen molar-refractivity contribution in [2.75, 3.05) is 25.0 Å². The van der Waals surface area contributed by atoms with Gasteiger partial charge in [0.05, 0.1) is 4.90 Å². The van der Waals surface area contributed by atoms with Crippen molar-refractivity contribution in [3.8, 4) is 0 Å². The van der Waals surface area contributed by atoms with E-state index in [1.807, 2.05) is 42.3 Å². The van der Waals surface area contributed by atoms with Crippen molar-refractivity contribution in [3.63, 3.8) is 0 Å². The molecule has 0 saturated heterocycles. The Bertz CT molecular complexity index is 692. The highest BCUT2D eigenvalue weighted by atomic mass is 35.5. The van der Waals surface area contributed by atoms with Gasteiger partial charge < -0.3 is 4.90 Å². The molecule has 7 heteroatoms. The molecular formula is C14H16ClN3O2S. The Morgan fingerprint density at radius 1 is 1.24 bits per heavy atom. The standard InChI is InChI=1S/C14H16ClN3O2S/c1-18(12-5-3-2-4-6-12)10-9-17-21(19,20)13-7-8-16-14(15)11-13/h2-8,11,17H,9-10H2,1H3. The highest BCUT2D eigenvalue weighted by Crippen LogP contribution is 2.13. The molecule has 112 valence electrons. The molecule has 21 heavy (non-hydrogen) atoms. The van der Waals surface area contributed by atoms with E-state index in [4.69, 9.17) is 11.6 Å². The van der Waals surface area contributed by atoms with E-state index in [2.05, 4.69) is 9.71 Å². The van der Waals surface area contributed by atoms with E-state index in [1.54, 1.807) is 0 Å². The number of aromatic nitrogens is 1. The molecule has 1 heterocycles. The molecule has 1 N–H and O–H groups in total. The first-order valence-corrected chi connectivity index (χ1v) is 8.22. The van der Waals surface area contributed by atoms with Crippen molar-refractivity contribution in [3.05, 3.63) is 53.8 Å². The first-order chi connectivity index (χ1) is 9.99. The second kappa shape index (κ2) is 6.89. The van der Waals surface area contributed by atoms with Crippen LogP contribution in [0.1, 0.15) is 0 Å². The maximum Gasteiger partial charge on any atom is 0.240 e. The molecule has 5 nitrogen and oxygen atoms in total. The quantitative estimate of drug-likeness (QED) is 0.827. The highest BCUT2D eigenvalue weighted by Gasteiger charge is 2.14. The largest absolute Gasteiger partial charge is 0.373 e. The van der Waals surface area contributed by atoms with Gasteiger partial charge in [-0.05, 0) is 24.3 Å². The molecule has 2 aromatic rings. The lowest BCUT2D eigenvalue weighted by molar-refractivity contribution is 0.581. The van der Waals surface area contributed by atoms with Gasteiger partial charge in [0.1, 0.15) is 5.15 Å². The number of likely N-dealkylation sites (N-methyl/N-ethyl adjacent to an activating group) is 1. The topological polar surface area (TPSA) is 62.3 Å². The molecule has 0 bridgehead atoms. The summed E-state index contributed by atoms with van der Waals surface area (Å²) in [7, 11) is -1.65. The summed E-state index contributed by atoms with van der Waals surface area (Å²) < 4.78 is 26.7. The number of hydrogen-bond donors (Lipinski definition) is 1. The zero-order chi connectivity index (χ0) is 15.3. The van der Waals surface area contributed by atoms with Gasteiger partial charge in [0, 0.05) is 32.0 Å². The maximum absolute atomic E-state index is 12.1. The molecule has 1 aromatic heterocycles. The summed E-state index contributed by atoms with van der Waals surface area (Å²) in [6, 6.07) is 12.5. The summed E-state index contributed by atoms with van der Waals surface area (Å²) in [6.07, 6.45) is 1.37. The lowest BCUT2D eigenvalue weighted by Crippen LogP contribution is -2.33. The molecule has 0 radical (unpaired) electrons. The summed E-state index contributed by atoms with van der Waals surface area (Å²) >= 11 is 5.70. The first-order valence-electron chi connectivity index (χ1n) is 6.36. The molecule has 1 aromatic carbocycles. The zero-order valence-corrected chi connectivity index (χ0v) is 13.1. The third-order valence-electron chi connectivity index (χ3n) is 2.94. The average molecular weight is 326 g/mol. The molecule has 0 aliphatic carbocycles. The minimum Gasteiger partial charge on any atom is -0.373 e. The molecule has 0 spiro atoms. The Kier molecular flexibility index (Phi) is 5.17. The van der Waals surface area contributed by atoms with Crippen molar-refractivity contribution in [2.45, 2.75) is 4.90 Å². The van der Waals surface area contributed by atoms with Crippen LogP contribution in [-0.2, 0) is 10.0 Å². The van der Waals surface area contributed by atoms with Crippen LogP contribution in [0.2, 0.25) is 5.15 Å². The van der Waals surface area contributed by atoms with E-state index in [1.165, 1.54) is 18.3 Å². The fourth-order valence-electron chi connectivity index (χ4n) is 1.79. The van der Waals surface area contributed by atoms with Gasteiger partial charge in [-0.25, -0.2) is 18.1 Å². The van der Waals surface area contributed by atoms with Crippen LogP contribution in [0.15, 0.2) is 53.6 Å². The number of para-hydroxylation sites is 1. The normalized spacial score (nSPS) is 11.3. The van der Waals surface area contributed by atoms with Crippen LogP contribution >= 0.6 is 11.6 Å². The number of sulfonamides is 1. The number of anilines is 1. The molecule has 0 saturated carbocycles. The Balaban J connectivity index is 1.94.